The van der Waals surface area contributed by atoms with E-state index in [1.54, 1.807) is 6.20 Å². The quantitative estimate of drug-likeness (QED) is 0.884. The number of nitrogens with one attached hydrogen (secondary N) is 1. The highest BCUT2D eigenvalue weighted by atomic mass is 35.5. The Hall–Kier alpha value is -1.11. The van der Waals surface area contributed by atoms with Gasteiger partial charge in [-0.15, -0.1) is 0 Å². The first kappa shape index (κ1) is 16.3. The zero-order valence-electron chi connectivity index (χ0n) is 13.1. The standard InChI is InChI=1S/C14H24ClN5O/c1-10-9-19(11(2)7-16-10)12-8-17-20(6-5-18(3)4)14(21)13(12)15/h8,10-11,16H,5-7,9H2,1-4H3. The molecule has 118 valence electrons. The smallest absolute Gasteiger partial charge is 0.287 e. The lowest BCUT2D eigenvalue weighted by atomic mass is 10.1. The van der Waals surface area contributed by atoms with E-state index >= 15 is 0 Å². The molecule has 0 aliphatic carbocycles. The van der Waals surface area contributed by atoms with E-state index in [0.717, 1.165) is 25.3 Å². The van der Waals surface area contributed by atoms with Crippen LogP contribution in [-0.2, 0) is 6.54 Å². The monoisotopic (exact) mass is 313 g/mol. The summed E-state index contributed by atoms with van der Waals surface area (Å²) in [5.74, 6) is 0. The van der Waals surface area contributed by atoms with Crippen LogP contribution in [0.5, 0.6) is 0 Å². The summed E-state index contributed by atoms with van der Waals surface area (Å²) in [7, 11) is 3.93. The maximum absolute atomic E-state index is 12.3. The summed E-state index contributed by atoms with van der Waals surface area (Å²) in [5.41, 5.74) is 0.526. The van der Waals surface area contributed by atoms with Gasteiger partial charge in [0.2, 0.25) is 0 Å². The SMILES string of the molecule is CC1CN(c2cnn(CCN(C)C)c(=O)c2Cl)C(C)CN1. The lowest BCUT2D eigenvalue weighted by Crippen LogP contribution is -2.55. The molecule has 2 atom stereocenters. The number of piperazine rings is 1. The minimum atomic E-state index is -0.214. The predicted molar refractivity (Wildman–Crippen MR) is 86.3 cm³/mol. The summed E-state index contributed by atoms with van der Waals surface area (Å²) in [4.78, 5) is 16.5. The van der Waals surface area contributed by atoms with Crippen LogP contribution in [0, 0.1) is 0 Å². The zero-order valence-corrected chi connectivity index (χ0v) is 13.9. The van der Waals surface area contributed by atoms with Crippen molar-refractivity contribution >= 4 is 17.3 Å². The van der Waals surface area contributed by atoms with Crippen LogP contribution in [0.1, 0.15) is 13.8 Å². The molecule has 1 saturated heterocycles. The summed E-state index contributed by atoms with van der Waals surface area (Å²) < 4.78 is 1.43. The van der Waals surface area contributed by atoms with E-state index in [2.05, 4.69) is 29.2 Å². The number of anilines is 1. The Labute approximate surface area is 130 Å². The van der Waals surface area contributed by atoms with Crippen molar-refractivity contribution in [1.29, 1.82) is 0 Å². The number of hydrogen-bond donors (Lipinski definition) is 1. The number of rotatable bonds is 4. The molecule has 0 saturated carbocycles. The van der Waals surface area contributed by atoms with Gasteiger partial charge in [0, 0.05) is 31.7 Å². The van der Waals surface area contributed by atoms with Gasteiger partial charge >= 0.3 is 0 Å². The number of hydrogen-bond acceptors (Lipinski definition) is 5. The molecule has 1 aliphatic rings. The number of aromatic nitrogens is 2. The van der Waals surface area contributed by atoms with Crippen LogP contribution in [0.25, 0.3) is 0 Å². The molecule has 1 aliphatic heterocycles. The molecule has 7 heteroatoms. The molecule has 0 spiro atoms. The second kappa shape index (κ2) is 6.77. The Balaban J connectivity index is 2.25. The van der Waals surface area contributed by atoms with Crippen LogP contribution in [0.4, 0.5) is 5.69 Å². The maximum Gasteiger partial charge on any atom is 0.287 e. The molecule has 0 radical (unpaired) electrons. The third kappa shape index (κ3) is 3.75. The molecule has 1 N–H and O–H groups in total. The van der Waals surface area contributed by atoms with E-state index in [1.807, 2.05) is 19.0 Å². The van der Waals surface area contributed by atoms with E-state index < -0.39 is 0 Å². The van der Waals surface area contributed by atoms with Crippen LogP contribution in [0.15, 0.2) is 11.0 Å². The fourth-order valence-electron chi connectivity index (χ4n) is 2.47. The molecular formula is C14H24ClN5O. The van der Waals surface area contributed by atoms with Gasteiger partial charge in [0.25, 0.3) is 5.56 Å². The first-order valence-corrected chi connectivity index (χ1v) is 7.68. The lowest BCUT2D eigenvalue weighted by Gasteiger charge is -2.39. The van der Waals surface area contributed by atoms with Crippen molar-refractivity contribution in [3.63, 3.8) is 0 Å². The second-order valence-electron chi connectivity index (χ2n) is 5.99. The largest absolute Gasteiger partial charge is 0.363 e. The van der Waals surface area contributed by atoms with Crippen molar-refractivity contribution in [2.24, 2.45) is 0 Å². The first-order valence-electron chi connectivity index (χ1n) is 7.30. The van der Waals surface area contributed by atoms with Crippen LogP contribution in [-0.4, -0.2) is 60.5 Å². The fourth-order valence-corrected chi connectivity index (χ4v) is 2.72. The summed E-state index contributed by atoms with van der Waals surface area (Å²) >= 11 is 6.31. The van der Waals surface area contributed by atoms with Gasteiger partial charge in [0.1, 0.15) is 5.02 Å². The predicted octanol–water partition coefficient (Wildman–Crippen LogP) is 0.645. The summed E-state index contributed by atoms with van der Waals surface area (Å²) in [5, 5.41) is 7.96. The van der Waals surface area contributed by atoms with Gasteiger partial charge in [-0.3, -0.25) is 4.79 Å². The highest BCUT2D eigenvalue weighted by Crippen LogP contribution is 2.24. The van der Waals surface area contributed by atoms with E-state index in [9.17, 15) is 4.79 Å². The Morgan fingerprint density at radius 1 is 1.48 bits per heavy atom. The van der Waals surface area contributed by atoms with Crippen molar-refractivity contribution in [3.05, 3.63) is 21.6 Å². The van der Waals surface area contributed by atoms with Gasteiger partial charge in [-0.05, 0) is 27.9 Å². The molecule has 2 heterocycles. The molecule has 1 aromatic rings. The molecule has 1 aromatic heterocycles. The molecule has 2 rings (SSSR count). The second-order valence-corrected chi connectivity index (χ2v) is 6.36. The molecule has 0 amide bonds. The number of halogens is 1. The summed E-state index contributed by atoms with van der Waals surface area (Å²) in [6, 6.07) is 0.658. The van der Waals surface area contributed by atoms with Crippen molar-refractivity contribution in [3.8, 4) is 0 Å². The lowest BCUT2D eigenvalue weighted by molar-refractivity contribution is 0.367. The topological polar surface area (TPSA) is 53.4 Å². The van der Waals surface area contributed by atoms with E-state index in [1.165, 1.54) is 4.68 Å². The van der Waals surface area contributed by atoms with E-state index in [-0.39, 0.29) is 16.6 Å². The molecule has 0 aromatic carbocycles. The van der Waals surface area contributed by atoms with E-state index in [0.29, 0.717) is 12.6 Å². The third-order valence-electron chi connectivity index (χ3n) is 3.80. The van der Waals surface area contributed by atoms with Gasteiger partial charge in [0.05, 0.1) is 18.4 Å². The van der Waals surface area contributed by atoms with Crippen molar-refractivity contribution in [2.45, 2.75) is 32.5 Å². The molecule has 2 unspecified atom stereocenters. The number of likely N-dealkylation sites (N-methyl/N-ethyl adjacent to an activating group) is 1. The maximum atomic E-state index is 12.3. The Morgan fingerprint density at radius 2 is 2.19 bits per heavy atom. The van der Waals surface area contributed by atoms with Crippen LogP contribution in [0.2, 0.25) is 5.02 Å². The van der Waals surface area contributed by atoms with Gasteiger partial charge < -0.3 is 15.1 Å². The number of nitrogens with zero attached hydrogens (tertiary/aromatic N) is 4. The minimum Gasteiger partial charge on any atom is -0.363 e. The summed E-state index contributed by atoms with van der Waals surface area (Å²) in [6.07, 6.45) is 1.72. The van der Waals surface area contributed by atoms with Crippen LogP contribution in [0.3, 0.4) is 0 Å². The van der Waals surface area contributed by atoms with E-state index in [4.69, 9.17) is 11.6 Å². The van der Waals surface area contributed by atoms with Crippen LogP contribution >= 0.6 is 11.6 Å². The highest BCUT2D eigenvalue weighted by Gasteiger charge is 2.25. The normalized spacial score (nSPS) is 22.9. The van der Waals surface area contributed by atoms with Gasteiger partial charge in [0.15, 0.2) is 0 Å². The van der Waals surface area contributed by atoms with Gasteiger partial charge in [-0.1, -0.05) is 11.6 Å². The molecular weight excluding hydrogens is 290 g/mol. The summed E-state index contributed by atoms with van der Waals surface area (Å²) in [6.45, 7) is 7.24. The van der Waals surface area contributed by atoms with Crippen LogP contribution < -0.4 is 15.8 Å². The fraction of sp³-hybridized carbons (Fsp3) is 0.714. The zero-order chi connectivity index (χ0) is 15.6. The average molecular weight is 314 g/mol. The molecule has 21 heavy (non-hydrogen) atoms. The van der Waals surface area contributed by atoms with Crippen molar-refractivity contribution < 1.29 is 0 Å². The first-order chi connectivity index (χ1) is 9.90. The van der Waals surface area contributed by atoms with Crippen molar-refractivity contribution in [2.75, 3.05) is 38.6 Å². The van der Waals surface area contributed by atoms with Gasteiger partial charge in [-0.2, -0.15) is 5.10 Å². The Bertz CT molecular complexity index is 545. The Kier molecular flexibility index (Phi) is 5.24. The Morgan fingerprint density at radius 3 is 2.86 bits per heavy atom. The van der Waals surface area contributed by atoms with Gasteiger partial charge in [-0.25, -0.2) is 4.68 Å². The molecule has 6 nitrogen and oxygen atoms in total. The minimum absolute atomic E-state index is 0.214. The third-order valence-corrected chi connectivity index (χ3v) is 4.15. The van der Waals surface area contributed by atoms with Crippen molar-refractivity contribution in [1.82, 2.24) is 20.0 Å². The molecule has 0 bridgehead atoms. The molecule has 1 fully saturated rings. The average Bonchev–Trinajstić information content (AvgIpc) is 2.43. The highest BCUT2D eigenvalue weighted by molar-refractivity contribution is 6.33.